The Labute approximate surface area is 140 Å². The molecule has 4 atom stereocenters. The van der Waals surface area contributed by atoms with E-state index in [2.05, 4.69) is 53.4 Å². The zero-order chi connectivity index (χ0) is 16.9. The molecule has 1 aliphatic heterocycles. The predicted octanol–water partition coefficient (Wildman–Crippen LogP) is 4.92. The van der Waals surface area contributed by atoms with E-state index >= 15 is 0 Å². The van der Waals surface area contributed by atoms with Gasteiger partial charge in [0, 0.05) is 18.6 Å². The van der Waals surface area contributed by atoms with Gasteiger partial charge >= 0.3 is 0 Å². The molecule has 2 nitrogen and oxygen atoms in total. The van der Waals surface area contributed by atoms with Crippen molar-refractivity contribution >= 4 is 0 Å². The van der Waals surface area contributed by atoms with E-state index in [-0.39, 0.29) is 6.04 Å². The monoisotopic (exact) mass is 310 g/mol. The summed E-state index contributed by atoms with van der Waals surface area (Å²) in [5.74, 6) is 2.34. The normalized spacial score (nSPS) is 26.9. The lowest BCUT2D eigenvalue weighted by molar-refractivity contribution is 0.0167. The minimum Gasteiger partial charge on any atom is -0.326 e. The van der Waals surface area contributed by atoms with Crippen LogP contribution in [0, 0.1) is 23.2 Å². The maximum absolute atomic E-state index is 6.40. The van der Waals surface area contributed by atoms with Gasteiger partial charge in [-0.3, -0.25) is 4.90 Å². The third-order valence-electron chi connectivity index (χ3n) is 6.33. The highest BCUT2D eigenvalue weighted by molar-refractivity contribution is 4.91. The van der Waals surface area contributed by atoms with Gasteiger partial charge in [-0.15, -0.1) is 0 Å². The van der Waals surface area contributed by atoms with Gasteiger partial charge in [-0.25, -0.2) is 0 Å². The van der Waals surface area contributed by atoms with Gasteiger partial charge < -0.3 is 5.73 Å². The van der Waals surface area contributed by atoms with Crippen molar-refractivity contribution < 1.29 is 0 Å². The van der Waals surface area contributed by atoms with Gasteiger partial charge in [0.1, 0.15) is 0 Å². The summed E-state index contributed by atoms with van der Waals surface area (Å²) in [5, 5.41) is 0. The van der Waals surface area contributed by atoms with Gasteiger partial charge in [0.15, 0.2) is 0 Å². The zero-order valence-corrected chi connectivity index (χ0v) is 16.4. The van der Waals surface area contributed by atoms with E-state index in [1.54, 1.807) is 0 Å². The first-order chi connectivity index (χ1) is 10.2. The van der Waals surface area contributed by atoms with Crippen LogP contribution in [0.5, 0.6) is 0 Å². The SMILES string of the molecule is CC[C@@H](C)CCC[C@H]1CCN([C@H](C)[C@H](N)C(C)C)CC1(C)C. The van der Waals surface area contributed by atoms with Gasteiger partial charge in [-0.1, -0.05) is 60.8 Å². The molecule has 132 valence electrons. The van der Waals surface area contributed by atoms with E-state index in [9.17, 15) is 0 Å². The standard InChI is InChI=1S/C20H42N2/c1-8-16(4)10-9-11-18-12-13-22(14-20(18,6)7)17(5)19(21)15(2)3/h15-19H,8-14,21H2,1-7H3/t16-,17-,18+,19-/m1/s1. The van der Waals surface area contributed by atoms with Crippen LogP contribution in [0.2, 0.25) is 0 Å². The summed E-state index contributed by atoms with van der Waals surface area (Å²) in [6, 6.07) is 0.790. The number of nitrogens with zero attached hydrogens (tertiary/aromatic N) is 1. The van der Waals surface area contributed by atoms with Crippen LogP contribution in [0.1, 0.15) is 80.6 Å². The molecular formula is C20H42N2. The fraction of sp³-hybridized carbons (Fsp3) is 1.00. The minimum absolute atomic E-state index is 0.290. The van der Waals surface area contributed by atoms with E-state index in [0.29, 0.717) is 17.4 Å². The molecule has 22 heavy (non-hydrogen) atoms. The Bertz CT molecular complexity index is 311. The predicted molar refractivity (Wildman–Crippen MR) is 99.0 cm³/mol. The van der Waals surface area contributed by atoms with E-state index < -0.39 is 0 Å². The number of rotatable bonds is 8. The zero-order valence-electron chi connectivity index (χ0n) is 16.4. The molecule has 2 N–H and O–H groups in total. The molecule has 0 unspecified atom stereocenters. The van der Waals surface area contributed by atoms with Crippen molar-refractivity contribution in [2.24, 2.45) is 28.9 Å². The van der Waals surface area contributed by atoms with Crippen LogP contribution in [0.25, 0.3) is 0 Å². The summed E-state index contributed by atoms with van der Waals surface area (Å²) in [7, 11) is 0. The Kier molecular flexibility index (Phi) is 7.88. The van der Waals surface area contributed by atoms with Crippen LogP contribution < -0.4 is 5.73 Å². The van der Waals surface area contributed by atoms with Crippen LogP contribution in [-0.4, -0.2) is 30.1 Å². The largest absolute Gasteiger partial charge is 0.326 e. The average molecular weight is 311 g/mol. The van der Waals surface area contributed by atoms with E-state index in [0.717, 1.165) is 11.8 Å². The second-order valence-electron chi connectivity index (χ2n) is 8.95. The number of hydrogen-bond acceptors (Lipinski definition) is 2. The summed E-state index contributed by atoms with van der Waals surface area (Å²) in [6.45, 7) is 18.9. The summed E-state index contributed by atoms with van der Waals surface area (Å²) < 4.78 is 0. The second-order valence-corrected chi connectivity index (χ2v) is 8.95. The molecule has 1 saturated heterocycles. The lowest BCUT2D eigenvalue weighted by Crippen LogP contribution is -2.55. The quantitative estimate of drug-likeness (QED) is 0.689. The van der Waals surface area contributed by atoms with Crippen LogP contribution in [0.3, 0.4) is 0 Å². The molecule has 2 heteroatoms. The maximum atomic E-state index is 6.40. The van der Waals surface area contributed by atoms with Crippen LogP contribution >= 0.6 is 0 Å². The van der Waals surface area contributed by atoms with E-state index in [1.165, 1.54) is 45.2 Å². The number of nitrogens with two attached hydrogens (primary N) is 1. The number of piperidine rings is 1. The van der Waals surface area contributed by atoms with Crippen molar-refractivity contribution in [1.82, 2.24) is 4.90 Å². The highest BCUT2D eigenvalue weighted by Gasteiger charge is 2.38. The number of hydrogen-bond donors (Lipinski definition) is 1. The van der Waals surface area contributed by atoms with Crippen molar-refractivity contribution in [3.8, 4) is 0 Å². The molecule has 0 spiro atoms. The molecule has 0 aromatic heterocycles. The molecular weight excluding hydrogens is 268 g/mol. The molecule has 0 radical (unpaired) electrons. The molecule has 0 bridgehead atoms. The van der Waals surface area contributed by atoms with Crippen LogP contribution in [0.15, 0.2) is 0 Å². The Morgan fingerprint density at radius 2 is 1.82 bits per heavy atom. The number of likely N-dealkylation sites (tertiary alicyclic amines) is 1. The lowest BCUT2D eigenvalue weighted by Gasteiger charge is -2.48. The molecule has 0 aliphatic carbocycles. The van der Waals surface area contributed by atoms with Crippen LogP contribution in [-0.2, 0) is 0 Å². The van der Waals surface area contributed by atoms with E-state index in [1.807, 2.05) is 0 Å². The third kappa shape index (κ3) is 5.53. The van der Waals surface area contributed by atoms with Gasteiger partial charge in [0.05, 0.1) is 0 Å². The molecule has 1 aliphatic rings. The minimum atomic E-state index is 0.290. The first-order valence-corrected chi connectivity index (χ1v) is 9.68. The second kappa shape index (κ2) is 8.68. The Morgan fingerprint density at radius 1 is 1.18 bits per heavy atom. The molecule has 1 fully saturated rings. The van der Waals surface area contributed by atoms with Gasteiger partial charge in [-0.05, 0) is 49.5 Å². The van der Waals surface area contributed by atoms with Crippen molar-refractivity contribution in [1.29, 1.82) is 0 Å². The summed E-state index contributed by atoms with van der Waals surface area (Å²) >= 11 is 0. The highest BCUT2D eigenvalue weighted by Crippen LogP contribution is 2.39. The molecule has 0 aromatic rings. The van der Waals surface area contributed by atoms with Crippen molar-refractivity contribution in [2.75, 3.05) is 13.1 Å². The van der Waals surface area contributed by atoms with Crippen LogP contribution in [0.4, 0.5) is 0 Å². The molecule has 1 heterocycles. The first-order valence-electron chi connectivity index (χ1n) is 9.68. The first kappa shape index (κ1) is 20.0. The molecule has 1 rings (SSSR count). The van der Waals surface area contributed by atoms with Crippen molar-refractivity contribution in [2.45, 2.75) is 92.7 Å². The Balaban J connectivity index is 2.51. The van der Waals surface area contributed by atoms with Gasteiger partial charge in [-0.2, -0.15) is 0 Å². The fourth-order valence-electron chi connectivity index (χ4n) is 4.04. The topological polar surface area (TPSA) is 29.3 Å². The smallest absolute Gasteiger partial charge is 0.0221 e. The average Bonchev–Trinajstić information content (AvgIpc) is 2.46. The maximum Gasteiger partial charge on any atom is 0.0221 e. The van der Waals surface area contributed by atoms with Crippen molar-refractivity contribution in [3.63, 3.8) is 0 Å². The molecule has 0 aromatic carbocycles. The van der Waals surface area contributed by atoms with Gasteiger partial charge in [0.25, 0.3) is 0 Å². The Hall–Kier alpha value is -0.0800. The third-order valence-corrected chi connectivity index (χ3v) is 6.33. The van der Waals surface area contributed by atoms with E-state index in [4.69, 9.17) is 5.73 Å². The fourth-order valence-corrected chi connectivity index (χ4v) is 4.04. The summed E-state index contributed by atoms with van der Waals surface area (Å²) in [4.78, 5) is 2.65. The lowest BCUT2D eigenvalue weighted by atomic mass is 9.71. The summed E-state index contributed by atoms with van der Waals surface area (Å²) in [5.41, 5.74) is 6.83. The van der Waals surface area contributed by atoms with Gasteiger partial charge in [0.2, 0.25) is 0 Å². The molecule has 0 amide bonds. The Morgan fingerprint density at radius 3 is 2.32 bits per heavy atom. The molecule has 0 saturated carbocycles. The van der Waals surface area contributed by atoms with Crippen molar-refractivity contribution in [3.05, 3.63) is 0 Å². The summed E-state index contributed by atoms with van der Waals surface area (Å²) in [6.07, 6.45) is 6.90. The highest BCUT2D eigenvalue weighted by atomic mass is 15.2.